The molecule has 202 valence electrons. The van der Waals surface area contributed by atoms with Gasteiger partial charge in [-0.3, -0.25) is 4.79 Å². The molecule has 0 radical (unpaired) electrons. The maximum absolute atomic E-state index is 13.5. The van der Waals surface area contributed by atoms with Gasteiger partial charge in [-0.2, -0.15) is 0 Å². The lowest BCUT2D eigenvalue weighted by molar-refractivity contribution is -0.138. The summed E-state index contributed by atoms with van der Waals surface area (Å²) in [7, 11) is 1.51. The number of hydrogen-bond donors (Lipinski definition) is 2. The highest BCUT2D eigenvalue weighted by Crippen LogP contribution is 2.34. The van der Waals surface area contributed by atoms with E-state index in [9.17, 15) is 14.7 Å². The fourth-order valence-corrected chi connectivity index (χ4v) is 4.35. The summed E-state index contributed by atoms with van der Waals surface area (Å²) in [5.74, 6) is 1.36. The number of aromatic hydroxyl groups is 1. The van der Waals surface area contributed by atoms with Crippen molar-refractivity contribution in [1.82, 2.24) is 10.2 Å². The average Bonchev–Trinajstić information content (AvgIpc) is 2.79. The van der Waals surface area contributed by atoms with Crippen LogP contribution in [-0.2, 0) is 16.0 Å². The number of methoxy groups -OCH3 is 1. The van der Waals surface area contributed by atoms with E-state index < -0.39 is 17.7 Å². The Morgan fingerprint density at radius 1 is 1.19 bits per heavy atom. The number of rotatable bonds is 10. The van der Waals surface area contributed by atoms with Crippen molar-refractivity contribution >= 4 is 12.0 Å². The van der Waals surface area contributed by atoms with Crippen LogP contribution < -0.4 is 14.8 Å². The molecule has 2 aromatic rings. The summed E-state index contributed by atoms with van der Waals surface area (Å²) in [6.07, 6.45) is 1.52. The van der Waals surface area contributed by atoms with E-state index >= 15 is 0 Å². The second-order valence-corrected chi connectivity index (χ2v) is 10.5. The third-order valence-corrected chi connectivity index (χ3v) is 6.42. The molecule has 1 fully saturated rings. The van der Waals surface area contributed by atoms with Crippen molar-refractivity contribution in [3.8, 4) is 17.2 Å². The third kappa shape index (κ3) is 7.54. The molecule has 1 saturated heterocycles. The van der Waals surface area contributed by atoms with Crippen molar-refractivity contribution < 1.29 is 28.9 Å². The van der Waals surface area contributed by atoms with Gasteiger partial charge in [0.25, 0.3) is 0 Å². The van der Waals surface area contributed by atoms with Crippen molar-refractivity contribution in [2.75, 3.05) is 26.8 Å². The van der Waals surface area contributed by atoms with Crippen LogP contribution in [0.15, 0.2) is 36.4 Å². The van der Waals surface area contributed by atoms with Gasteiger partial charge in [0.05, 0.1) is 13.7 Å². The maximum Gasteiger partial charge on any atom is 0.408 e. The first-order valence-corrected chi connectivity index (χ1v) is 12.9. The molecule has 1 atom stereocenters. The van der Waals surface area contributed by atoms with E-state index in [1.807, 2.05) is 12.1 Å². The topological polar surface area (TPSA) is 97.3 Å². The Bertz CT molecular complexity index is 1090. The summed E-state index contributed by atoms with van der Waals surface area (Å²) < 4.78 is 16.5. The summed E-state index contributed by atoms with van der Waals surface area (Å²) in [6.45, 7) is 11.3. The minimum atomic E-state index is -0.889. The SMILES string of the molecule is CCCCOc1cccc(C2CN(C(=O)C(Cc3ccc(OC)cc3O)NC(=O)OC(C)(C)C)C2)c1C. The molecule has 37 heavy (non-hydrogen) atoms. The van der Waals surface area contributed by atoms with E-state index in [-0.39, 0.29) is 24.0 Å². The zero-order valence-electron chi connectivity index (χ0n) is 22.8. The van der Waals surface area contributed by atoms with Crippen LogP contribution in [0.25, 0.3) is 0 Å². The van der Waals surface area contributed by atoms with E-state index in [2.05, 4.69) is 25.2 Å². The Labute approximate surface area is 219 Å². The van der Waals surface area contributed by atoms with Gasteiger partial charge in [-0.1, -0.05) is 31.5 Å². The minimum absolute atomic E-state index is 0.000127. The van der Waals surface area contributed by atoms with Gasteiger partial charge in [-0.05, 0) is 62.9 Å². The summed E-state index contributed by atoms with van der Waals surface area (Å²) in [6, 6.07) is 10.1. The molecular formula is C29H40N2O6. The molecular weight excluding hydrogens is 472 g/mol. The van der Waals surface area contributed by atoms with Gasteiger partial charge in [0.1, 0.15) is 28.9 Å². The number of hydrogen-bond acceptors (Lipinski definition) is 6. The van der Waals surface area contributed by atoms with Crippen LogP contribution in [0, 0.1) is 6.92 Å². The van der Waals surface area contributed by atoms with Gasteiger partial charge in [0, 0.05) is 31.5 Å². The first-order valence-electron chi connectivity index (χ1n) is 12.9. The Balaban J connectivity index is 1.72. The molecule has 0 aliphatic carbocycles. The third-order valence-electron chi connectivity index (χ3n) is 6.42. The largest absolute Gasteiger partial charge is 0.508 e. The van der Waals surface area contributed by atoms with E-state index in [1.54, 1.807) is 37.8 Å². The fourth-order valence-electron chi connectivity index (χ4n) is 4.35. The normalized spacial score (nSPS) is 14.5. The molecule has 1 unspecified atom stereocenters. The lowest BCUT2D eigenvalue weighted by Gasteiger charge is -2.42. The second-order valence-electron chi connectivity index (χ2n) is 10.5. The number of ether oxygens (including phenoxy) is 3. The van der Waals surface area contributed by atoms with Crippen molar-refractivity contribution in [2.45, 2.75) is 71.4 Å². The van der Waals surface area contributed by atoms with Gasteiger partial charge in [-0.25, -0.2) is 4.79 Å². The second kappa shape index (κ2) is 12.2. The lowest BCUT2D eigenvalue weighted by atomic mass is 9.87. The van der Waals surface area contributed by atoms with Crippen molar-refractivity contribution in [2.24, 2.45) is 0 Å². The van der Waals surface area contributed by atoms with Crippen LogP contribution in [0.3, 0.4) is 0 Å². The van der Waals surface area contributed by atoms with Gasteiger partial charge in [0.2, 0.25) is 5.91 Å². The summed E-state index contributed by atoms with van der Waals surface area (Å²) in [4.78, 5) is 27.8. The lowest BCUT2D eigenvalue weighted by Crippen LogP contribution is -2.57. The number of amides is 2. The predicted molar refractivity (Wildman–Crippen MR) is 142 cm³/mol. The summed E-state index contributed by atoms with van der Waals surface area (Å²) in [5.41, 5.74) is 2.09. The average molecular weight is 513 g/mol. The van der Waals surface area contributed by atoms with Gasteiger partial charge in [0.15, 0.2) is 0 Å². The first-order chi connectivity index (χ1) is 17.5. The Morgan fingerprint density at radius 2 is 1.92 bits per heavy atom. The number of unbranched alkanes of at least 4 members (excludes halogenated alkanes) is 1. The van der Waals surface area contributed by atoms with E-state index in [0.717, 1.165) is 24.2 Å². The number of alkyl carbamates (subject to hydrolysis) is 1. The minimum Gasteiger partial charge on any atom is -0.508 e. The van der Waals surface area contributed by atoms with Crippen molar-refractivity contribution in [3.63, 3.8) is 0 Å². The smallest absolute Gasteiger partial charge is 0.408 e. The Hall–Kier alpha value is -3.42. The Morgan fingerprint density at radius 3 is 2.54 bits per heavy atom. The zero-order valence-corrected chi connectivity index (χ0v) is 22.8. The number of likely N-dealkylation sites (tertiary alicyclic amines) is 1. The molecule has 1 aliphatic heterocycles. The van der Waals surface area contributed by atoms with Crippen LogP contribution in [0.1, 0.15) is 63.1 Å². The van der Waals surface area contributed by atoms with Gasteiger partial charge in [-0.15, -0.1) is 0 Å². The molecule has 8 nitrogen and oxygen atoms in total. The van der Waals surface area contributed by atoms with Crippen molar-refractivity contribution in [3.05, 3.63) is 53.1 Å². The van der Waals surface area contributed by atoms with Crippen LogP contribution >= 0.6 is 0 Å². The number of phenolic OH excluding ortho intramolecular Hbond substituents is 1. The first kappa shape index (κ1) is 28.2. The van der Waals surface area contributed by atoms with Crippen LogP contribution in [0.5, 0.6) is 17.2 Å². The molecule has 3 rings (SSSR count). The van der Waals surface area contributed by atoms with Gasteiger partial charge >= 0.3 is 6.09 Å². The predicted octanol–water partition coefficient (Wildman–Crippen LogP) is 4.95. The summed E-state index contributed by atoms with van der Waals surface area (Å²) in [5, 5.41) is 13.2. The Kier molecular flexibility index (Phi) is 9.29. The van der Waals surface area contributed by atoms with Crippen LogP contribution in [0.2, 0.25) is 0 Å². The molecule has 2 aromatic carbocycles. The number of nitrogens with zero attached hydrogens (tertiary/aromatic N) is 1. The number of nitrogens with one attached hydrogen (secondary N) is 1. The van der Waals surface area contributed by atoms with Crippen LogP contribution in [-0.4, -0.2) is 60.5 Å². The monoisotopic (exact) mass is 512 g/mol. The molecule has 2 N–H and O–H groups in total. The number of carbonyl (C=O) groups is 2. The highest BCUT2D eigenvalue weighted by molar-refractivity contribution is 5.87. The zero-order chi connectivity index (χ0) is 27.2. The number of benzene rings is 2. The van der Waals surface area contributed by atoms with E-state index in [4.69, 9.17) is 14.2 Å². The molecule has 0 spiro atoms. The quantitative estimate of drug-likeness (QED) is 0.437. The van der Waals surface area contributed by atoms with Gasteiger partial charge < -0.3 is 29.5 Å². The molecule has 8 heteroatoms. The van der Waals surface area contributed by atoms with Crippen LogP contribution in [0.4, 0.5) is 4.79 Å². The molecule has 0 saturated carbocycles. The maximum atomic E-state index is 13.5. The standard InChI is InChI=1S/C29H40N2O6/c1-7-8-14-36-26-11-9-10-23(19(26)2)21-17-31(18-21)27(33)24(30-28(34)37-29(3,4)5)15-20-12-13-22(35-6)16-25(20)32/h9-13,16,21,24,32H,7-8,14-15,17-18H2,1-6H3,(H,30,34). The number of carbonyl (C=O) groups excluding carboxylic acids is 2. The molecule has 1 aliphatic rings. The highest BCUT2D eigenvalue weighted by Gasteiger charge is 2.37. The van der Waals surface area contributed by atoms with E-state index in [0.29, 0.717) is 31.0 Å². The fraction of sp³-hybridized carbons (Fsp3) is 0.517. The molecule has 0 aromatic heterocycles. The number of phenols is 1. The highest BCUT2D eigenvalue weighted by atomic mass is 16.6. The molecule has 1 heterocycles. The molecule has 0 bridgehead atoms. The van der Waals surface area contributed by atoms with E-state index in [1.165, 1.54) is 18.7 Å². The summed E-state index contributed by atoms with van der Waals surface area (Å²) >= 11 is 0. The molecule has 2 amide bonds. The van der Waals surface area contributed by atoms with Crippen molar-refractivity contribution in [1.29, 1.82) is 0 Å².